The average Bonchev–Trinajstić information content (AvgIpc) is 3.04. The van der Waals surface area contributed by atoms with Crippen LogP contribution in [0.4, 0.5) is 0 Å². The Kier molecular flexibility index (Phi) is 5.49. The minimum absolute atomic E-state index is 0.0735. The van der Waals surface area contributed by atoms with Gasteiger partial charge in [-0.1, -0.05) is 48.0 Å². The molecule has 0 saturated heterocycles. The van der Waals surface area contributed by atoms with E-state index < -0.39 is 0 Å². The van der Waals surface area contributed by atoms with E-state index in [0.29, 0.717) is 33.0 Å². The van der Waals surface area contributed by atoms with Gasteiger partial charge >= 0.3 is 5.97 Å². The fraction of sp³-hybridized carbons (Fsp3) is 0.968. The zero-order chi connectivity index (χ0) is 24.0. The third-order valence-electron chi connectivity index (χ3n) is 13.7. The summed E-state index contributed by atoms with van der Waals surface area (Å²) in [6, 6.07) is 0. The Bertz CT molecular complexity index is 801. The standard InChI is InChI=1S/C31H52O2/c1-20(33-21(2)32)22-12-17-28(5)23(22)13-18-30(7)25(28)10-11-26-29(6)16-9-15-27(3,4)24(29)14-19-31(26,30)8/h20,22-26H,9-19H2,1-8H3/t20-,22-,23-,24?,25?,26?,28-,29-,30+,31+/m0/s1. The average molecular weight is 457 g/mol. The Labute approximate surface area is 204 Å². The molecule has 5 saturated carbocycles. The van der Waals surface area contributed by atoms with Crippen LogP contribution in [-0.2, 0) is 9.53 Å². The summed E-state index contributed by atoms with van der Waals surface area (Å²) in [5.74, 6) is 3.81. The van der Waals surface area contributed by atoms with Crippen LogP contribution in [0.1, 0.15) is 126 Å². The van der Waals surface area contributed by atoms with Crippen molar-refractivity contribution in [1.29, 1.82) is 0 Å². The summed E-state index contributed by atoms with van der Waals surface area (Å²) in [7, 11) is 0. The highest BCUT2D eigenvalue weighted by atomic mass is 16.5. The van der Waals surface area contributed by atoms with Crippen molar-refractivity contribution in [3.63, 3.8) is 0 Å². The molecule has 188 valence electrons. The van der Waals surface area contributed by atoms with Crippen molar-refractivity contribution in [3.05, 3.63) is 0 Å². The van der Waals surface area contributed by atoms with Crippen molar-refractivity contribution in [2.45, 2.75) is 132 Å². The van der Waals surface area contributed by atoms with E-state index >= 15 is 0 Å². The Hall–Kier alpha value is -0.530. The second kappa shape index (κ2) is 7.49. The Morgan fingerprint density at radius 2 is 1.33 bits per heavy atom. The molecule has 0 N–H and O–H groups in total. The van der Waals surface area contributed by atoms with Crippen LogP contribution in [-0.4, -0.2) is 12.1 Å². The molecule has 0 aromatic heterocycles. The zero-order valence-electron chi connectivity index (χ0n) is 23.1. The van der Waals surface area contributed by atoms with E-state index in [1.165, 1.54) is 70.6 Å². The number of carbonyl (C=O) groups excluding carboxylic acids is 1. The van der Waals surface area contributed by atoms with Gasteiger partial charge in [0, 0.05) is 6.92 Å². The van der Waals surface area contributed by atoms with Gasteiger partial charge in [-0.05, 0) is 128 Å². The summed E-state index contributed by atoms with van der Waals surface area (Å²) in [5, 5.41) is 0. The van der Waals surface area contributed by atoms with Gasteiger partial charge in [-0.25, -0.2) is 0 Å². The predicted molar refractivity (Wildman–Crippen MR) is 136 cm³/mol. The topological polar surface area (TPSA) is 26.3 Å². The molecule has 0 bridgehead atoms. The van der Waals surface area contributed by atoms with Gasteiger partial charge in [0.15, 0.2) is 0 Å². The SMILES string of the molecule is CC(=O)O[C@@H](C)[C@@H]1CC[C@]2(C)C3CCC4[C@@]5(C)CCCC(C)(C)C5CC[C@@]4(C)[C@]3(C)CC[C@@H]12. The van der Waals surface area contributed by atoms with Gasteiger partial charge < -0.3 is 4.74 Å². The summed E-state index contributed by atoms with van der Waals surface area (Å²) >= 11 is 0. The second-order valence-electron chi connectivity index (χ2n) is 15.1. The molecule has 5 rings (SSSR count). The van der Waals surface area contributed by atoms with E-state index in [1.807, 2.05) is 0 Å². The molecule has 33 heavy (non-hydrogen) atoms. The number of esters is 1. The van der Waals surface area contributed by atoms with E-state index in [-0.39, 0.29) is 12.1 Å². The largest absolute Gasteiger partial charge is 0.463 e. The first-order valence-corrected chi connectivity index (χ1v) is 14.5. The number of hydrogen-bond acceptors (Lipinski definition) is 2. The number of rotatable bonds is 2. The van der Waals surface area contributed by atoms with Crippen LogP contribution in [0.3, 0.4) is 0 Å². The molecule has 2 heteroatoms. The van der Waals surface area contributed by atoms with E-state index in [0.717, 1.165) is 23.7 Å². The van der Waals surface area contributed by atoms with Gasteiger partial charge in [0.05, 0.1) is 0 Å². The lowest BCUT2D eigenvalue weighted by molar-refractivity contribution is -0.242. The first-order chi connectivity index (χ1) is 15.3. The number of carbonyl (C=O) groups is 1. The fourth-order valence-corrected chi connectivity index (χ4v) is 12.2. The second-order valence-corrected chi connectivity index (χ2v) is 15.1. The van der Waals surface area contributed by atoms with Crippen molar-refractivity contribution in [1.82, 2.24) is 0 Å². The van der Waals surface area contributed by atoms with Crippen LogP contribution in [0, 0.1) is 56.7 Å². The molecule has 5 aliphatic carbocycles. The normalized spacial score (nSPS) is 53.8. The Morgan fingerprint density at radius 1 is 0.727 bits per heavy atom. The Morgan fingerprint density at radius 3 is 1.97 bits per heavy atom. The molecule has 0 heterocycles. The first kappa shape index (κ1) is 24.2. The van der Waals surface area contributed by atoms with Gasteiger partial charge in [-0.2, -0.15) is 0 Å². The molecule has 0 aliphatic heterocycles. The van der Waals surface area contributed by atoms with Crippen molar-refractivity contribution >= 4 is 5.97 Å². The molecule has 0 aromatic rings. The molecule has 5 aliphatic rings. The molecule has 0 aromatic carbocycles. The number of fused-ring (bicyclic) bond motifs is 7. The maximum atomic E-state index is 11.7. The molecule has 5 fully saturated rings. The van der Waals surface area contributed by atoms with Crippen LogP contribution in [0.25, 0.3) is 0 Å². The highest BCUT2D eigenvalue weighted by Gasteiger charge is 2.70. The number of ether oxygens (including phenoxy) is 1. The molecular formula is C31H52O2. The van der Waals surface area contributed by atoms with Crippen molar-refractivity contribution < 1.29 is 9.53 Å². The van der Waals surface area contributed by atoms with E-state index in [9.17, 15) is 4.79 Å². The lowest BCUT2D eigenvalue weighted by Gasteiger charge is -2.73. The van der Waals surface area contributed by atoms with Crippen LogP contribution in [0.2, 0.25) is 0 Å². The predicted octanol–water partition coefficient (Wildman–Crippen LogP) is 8.43. The monoisotopic (exact) mass is 456 g/mol. The summed E-state index contributed by atoms with van der Waals surface area (Å²) < 4.78 is 5.75. The first-order valence-electron chi connectivity index (χ1n) is 14.5. The molecule has 0 spiro atoms. The molecule has 0 amide bonds. The van der Waals surface area contributed by atoms with Crippen LogP contribution >= 0.6 is 0 Å². The molecule has 3 unspecified atom stereocenters. The lowest BCUT2D eigenvalue weighted by atomic mass is 9.32. The van der Waals surface area contributed by atoms with E-state index in [2.05, 4.69) is 48.5 Å². The minimum atomic E-state index is -0.106. The molecule has 2 nitrogen and oxygen atoms in total. The van der Waals surface area contributed by atoms with Gasteiger partial charge in [0.25, 0.3) is 0 Å². The third kappa shape index (κ3) is 3.13. The Balaban J connectivity index is 1.46. The maximum Gasteiger partial charge on any atom is 0.302 e. The fourth-order valence-electron chi connectivity index (χ4n) is 12.2. The summed E-state index contributed by atoms with van der Waals surface area (Å²) in [4.78, 5) is 11.7. The van der Waals surface area contributed by atoms with Crippen LogP contribution in [0.15, 0.2) is 0 Å². The molecule has 0 radical (unpaired) electrons. The minimum Gasteiger partial charge on any atom is -0.463 e. The molecular weight excluding hydrogens is 404 g/mol. The van der Waals surface area contributed by atoms with Crippen LogP contribution < -0.4 is 0 Å². The maximum absolute atomic E-state index is 11.7. The quantitative estimate of drug-likeness (QED) is 0.390. The summed E-state index contributed by atoms with van der Waals surface area (Å²) in [6.07, 6.45) is 15.5. The van der Waals surface area contributed by atoms with Gasteiger partial charge in [0.1, 0.15) is 6.10 Å². The van der Waals surface area contributed by atoms with Crippen molar-refractivity contribution in [2.75, 3.05) is 0 Å². The van der Waals surface area contributed by atoms with Gasteiger partial charge in [-0.15, -0.1) is 0 Å². The van der Waals surface area contributed by atoms with E-state index in [1.54, 1.807) is 6.92 Å². The third-order valence-corrected chi connectivity index (χ3v) is 13.7. The lowest BCUT2D eigenvalue weighted by Crippen LogP contribution is -2.65. The molecule has 10 atom stereocenters. The van der Waals surface area contributed by atoms with E-state index in [4.69, 9.17) is 4.74 Å². The summed E-state index contributed by atoms with van der Waals surface area (Å²) in [5.41, 5.74) is 2.39. The van der Waals surface area contributed by atoms with Crippen molar-refractivity contribution in [2.24, 2.45) is 56.7 Å². The summed E-state index contributed by atoms with van der Waals surface area (Å²) in [6.45, 7) is 19.8. The highest BCUT2D eigenvalue weighted by Crippen LogP contribution is 2.77. The van der Waals surface area contributed by atoms with Gasteiger partial charge in [0.2, 0.25) is 0 Å². The number of hydrogen-bond donors (Lipinski definition) is 0. The van der Waals surface area contributed by atoms with Crippen molar-refractivity contribution in [3.8, 4) is 0 Å². The highest BCUT2D eigenvalue weighted by molar-refractivity contribution is 5.66. The zero-order valence-corrected chi connectivity index (χ0v) is 23.1. The van der Waals surface area contributed by atoms with Crippen LogP contribution in [0.5, 0.6) is 0 Å². The smallest absolute Gasteiger partial charge is 0.302 e. The van der Waals surface area contributed by atoms with Gasteiger partial charge in [-0.3, -0.25) is 4.79 Å².